The molecule has 1 aliphatic carbocycles. The Morgan fingerprint density at radius 3 is 2.42 bits per heavy atom. The summed E-state index contributed by atoms with van der Waals surface area (Å²) >= 11 is 0. The topological polar surface area (TPSA) is 58.2 Å². The SMILES string of the molecule is CNCc1cc(C)c(C)c(S(=O)(=O)NC2(C)CC2)c1. The monoisotopic (exact) mass is 282 g/mol. The van der Waals surface area contributed by atoms with Crippen LogP contribution in [0.25, 0.3) is 0 Å². The first-order valence-electron chi connectivity index (χ1n) is 6.56. The van der Waals surface area contributed by atoms with Crippen LogP contribution in [0.15, 0.2) is 17.0 Å². The molecule has 2 rings (SSSR count). The van der Waals surface area contributed by atoms with Crippen molar-refractivity contribution in [3.05, 3.63) is 28.8 Å². The fourth-order valence-corrected chi connectivity index (χ4v) is 3.99. The normalized spacial score (nSPS) is 17.5. The summed E-state index contributed by atoms with van der Waals surface area (Å²) in [5.74, 6) is 0. The Bertz CT molecular complexity index is 590. The number of hydrogen-bond acceptors (Lipinski definition) is 3. The van der Waals surface area contributed by atoms with Crippen molar-refractivity contribution in [1.82, 2.24) is 10.0 Å². The van der Waals surface area contributed by atoms with Gasteiger partial charge in [0.15, 0.2) is 0 Å². The molecular formula is C14H22N2O2S. The van der Waals surface area contributed by atoms with Gasteiger partial charge in [0.25, 0.3) is 0 Å². The first-order chi connectivity index (χ1) is 8.77. The van der Waals surface area contributed by atoms with Crippen molar-refractivity contribution in [2.75, 3.05) is 7.05 Å². The maximum atomic E-state index is 12.5. The maximum absolute atomic E-state index is 12.5. The molecule has 1 saturated carbocycles. The molecule has 0 aromatic heterocycles. The lowest BCUT2D eigenvalue weighted by atomic mass is 10.1. The van der Waals surface area contributed by atoms with Crippen molar-refractivity contribution in [3.8, 4) is 0 Å². The van der Waals surface area contributed by atoms with Gasteiger partial charge in [0.05, 0.1) is 4.90 Å². The van der Waals surface area contributed by atoms with Gasteiger partial charge < -0.3 is 5.32 Å². The molecule has 19 heavy (non-hydrogen) atoms. The van der Waals surface area contributed by atoms with Gasteiger partial charge in [0, 0.05) is 12.1 Å². The average Bonchev–Trinajstić information content (AvgIpc) is 3.00. The quantitative estimate of drug-likeness (QED) is 0.866. The Labute approximate surface area is 115 Å². The fourth-order valence-electron chi connectivity index (χ4n) is 2.15. The predicted molar refractivity (Wildman–Crippen MR) is 76.6 cm³/mol. The van der Waals surface area contributed by atoms with Gasteiger partial charge in [-0.2, -0.15) is 0 Å². The predicted octanol–water partition coefficient (Wildman–Crippen LogP) is 1.85. The van der Waals surface area contributed by atoms with Gasteiger partial charge in [-0.25, -0.2) is 13.1 Å². The lowest BCUT2D eigenvalue weighted by Gasteiger charge is -2.16. The first-order valence-corrected chi connectivity index (χ1v) is 8.04. The number of rotatable bonds is 5. The second-order valence-electron chi connectivity index (χ2n) is 5.73. The number of nitrogens with one attached hydrogen (secondary N) is 2. The molecule has 4 nitrogen and oxygen atoms in total. The van der Waals surface area contributed by atoms with Crippen molar-refractivity contribution >= 4 is 10.0 Å². The molecule has 0 radical (unpaired) electrons. The Balaban J connectivity index is 2.42. The van der Waals surface area contributed by atoms with Gasteiger partial charge in [-0.1, -0.05) is 6.07 Å². The van der Waals surface area contributed by atoms with E-state index in [0.717, 1.165) is 29.5 Å². The molecule has 0 saturated heterocycles. The molecule has 1 fully saturated rings. The molecule has 1 aromatic rings. The highest BCUT2D eigenvalue weighted by molar-refractivity contribution is 7.89. The van der Waals surface area contributed by atoms with E-state index in [4.69, 9.17) is 0 Å². The third-order valence-electron chi connectivity index (χ3n) is 3.73. The molecular weight excluding hydrogens is 260 g/mol. The van der Waals surface area contributed by atoms with Crippen molar-refractivity contribution in [2.45, 2.75) is 50.6 Å². The number of sulfonamides is 1. The summed E-state index contributed by atoms with van der Waals surface area (Å²) in [7, 11) is -1.57. The van der Waals surface area contributed by atoms with Crippen LogP contribution in [-0.4, -0.2) is 21.0 Å². The van der Waals surface area contributed by atoms with Crippen LogP contribution in [0.3, 0.4) is 0 Å². The van der Waals surface area contributed by atoms with E-state index in [-0.39, 0.29) is 5.54 Å². The first kappa shape index (κ1) is 14.5. The minimum atomic E-state index is -3.43. The van der Waals surface area contributed by atoms with Gasteiger partial charge in [-0.3, -0.25) is 0 Å². The molecule has 0 heterocycles. The van der Waals surface area contributed by atoms with Gasteiger partial charge >= 0.3 is 0 Å². The molecule has 1 aliphatic rings. The summed E-state index contributed by atoms with van der Waals surface area (Å²) in [5.41, 5.74) is 2.59. The highest BCUT2D eigenvalue weighted by Crippen LogP contribution is 2.36. The third-order valence-corrected chi connectivity index (χ3v) is 5.50. The lowest BCUT2D eigenvalue weighted by Crippen LogP contribution is -2.34. The van der Waals surface area contributed by atoms with E-state index >= 15 is 0 Å². The van der Waals surface area contributed by atoms with Crippen LogP contribution in [0.5, 0.6) is 0 Å². The molecule has 0 unspecified atom stereocenters. The van der Waals surface area contributed by atoms with Crippen LogP contribution in [-0.2, 0) is 16.6 Å². The Morgan fingerprint density at radius 1 is 1.26 bits per heavy atom. The van der Waals surface area contributed by atoms with E-state index in [9.17, 15) is 8.42 Å². The van der Waals surface area contributed by atoms with E-state index in [1.54, 1.807) is 6.07 Å². The zero-order valence-corrected chi connectivity index (χ0v) is 12.8. The van der Waals surface area contributed by atoms with E-state index in [2.05, 4.69) is 10.0 Å². The summed E-state index contributed by atoms with van der Waals surface area (Å²) in [6, 6.07) is 3.80. The van der Waals surface area contributed by atoms with Crippen molar-refractivity contribution in [2.24, 2.45) is 0 Å². The fraction of sp³-hybridized carbons (Fsp3) is 0.571. The molecule has 0 atom stereocenters. The van der Waals surface area contributed by atoms with Crippen LogP contribution in [0.1, 0.15) is 36.5 Å². The summed E-state index contributed by atoms with van der Waals surface area (Å²) in [5, 5.41) is 3.05. The van der Waals surface area contributed by atoms with Gasteiger partial charge in [0.1, 0.15) is 0 Å². The molecule has 0 aliphatic heterocycles. The van der Waals surface area contributed by atoms with Crippen molar-refractivity contribution in [3.63, 3.8) is 0 Å². The minimum Gasteiger partial charge on any atom is -0.316 e. The van der Waals surface area contributed by atoms with E-state index in [0.29, 0.717) is 11.4 Å². The highest BCUT2D eigenvalue weighted by atomic mass is 32.2. The maximum Gasteiger partial charge on any atom is 0.241 e. The summed E-state index contributed by atoms with van der Waals surface area (Å²) in [6.45, 7) is 6.43. The van der Waals surface area contributed by atoms with Gasteiger partial charge in [0.2, 0.25) is 10.0 Å². The van der Waals surface area contributed by atoms with Crippen LogP contribution in [0.4, 0.5) is 0 Å². The zero-order chi connectivity index (χ0) is 14.3. The smallest absolute Gasteiger partial charge is 0.241 e. The number of aryl methyl sites for hydroxylation is 1. The molecule has 1 aromatic carbocycles. The Morgan fingerprint density at radius 2 is 1.89 bits per heavy atom. The second kappa shape index (κ2) is 4.89. The molecule has 5 heteroatoms. The Hall–Kier alpha value is -0.910. The molecule has 2 N–H and O–H groups in total. The second-order valence-corrected chi connectivity index (χ2v) is 7.38. The molecule has 0 amide bonds. The van der Waals surface area contributed by atoms with Crippen LogP contribution < -0.4 is 10.0 Å². The van der Waals surface area contributed by atoms with E-state index in [1.807, 2.05) is 33.9 Å². The van der Waals surface area contributed by atoms with E-state index < -0.39 is 10.0 Å². The van der Waals surface area contributed by atoms with E-state index in [1.165, 1.54) is 0 Å². The highest BCUT2D eigenvalue weighted by Gasteiger charge is 2.41. The van der Waals surface area contributed by atoms with Crippen LogP contribution in [0, 0.1) is 13.8 Å². The van der Waals surface area contributed by atoms with Crippen LogP contribution >= 0.6 is 0 Å². The van der Waals surface area contributed by atoms with Crippen molar-refractivity contribution < 1.29 is 8.42 Å². The van der Waals surface area contributed by atoms with Gasteiger partial charge in [-0.05, 0) is 63.4 Å². The minimum absolute atomic E-state index is 0.238. The van der Waals surface area contributed by atoms with Crippen LogP contribution in [0.2, 0.25) is 0 Å². The van der Waals surface area contributed by atoms with Gasteiger partial charge in [-0.15, -0.1) is 0 Å². The molecule has 106 valence electrons. The summed E-state index contributed by atoms with van der Waals surface area (Å²) < 4.78 is 27.8. The zero-order valence-electron chi connectivity index (χ0n) is 12.0. The standard InChI is InChI=1S/C14H22N2O2S/c1-10-7-12(9-15-4)8-13(11(10)2)19(17,18)16-14(3)5-6-14/h7-8,15-16H,5-6,9H2,1-4H3. The molecule has 0 spiro atoms. The number of benzene rings is 1. The summed E-state index contributed by atoms with van der Waals surface area (Å²) in [6.07, 6.45) is 1.83. The average molecular weight is 282 g/mol. The number of hydrogen-bond donors (Lipinski definition) is 2. The lowest BCUT2D eigenvalue weighted by molar-refractivity contribution is 0.557. The largest absolute Gasteiger partial charge is 0.316 e. The third kappa shape index (κ3) is 3.16. The Kier molecular flexibility index (Phi) is 3.73. The van der Waals surface area contributed by atoms with Crippen molar-refractivity contribution in [1.29, 1.82) is 0 Å². The summed E-state index contributed by atoms with van der Waals surface area (Å²) in [4.78, 5) is 0.408. The molecule has 0 bridgehead atoms.